The fourth-order valence-corrected chi connectivity index (χ4v) is 2.30. The molecule has 0 fully saturated rings. The van der Waals surface area contributed by atoms with Gasteiger partial charge in [-0.3, -0.25) is 0 Å². The van der Waals surface area contributed by atoms with Gasteiger partial charge in [0, 0.05) is 17.8 Å². The van der Waals surface area contributed by atoms with Gasteiger partial charge in [-0.15, -0.1) is 0 Å². The zero-order valence-electron chi connectivity index (χ0n) is 11.0. The van der Waals surface area contributed by atoms with Crippen molar-refractivity contribution in [2.24, 2.45) is 0 Å². The van der Waals surface area contributed by atoms with Gasteiger partial charge >= 0.3 is 0 Å². The van der Waals surface area contributed by atoms with Crippen LogP contribution in [-0.2, 0) is 0 Å². The Balaban J connectivity index is 2.22. The maximum absolute atomic E-state index is 5.29. The standard InChI is InChI=1S/C14H12BrN3O2/c1-19-10-5-9(6-11(7-10)20-2)12-8-16-18-4-3-13(15)17-14(12)18/h3-8H,1-2H3. The van der Waals surface area contributed by atoms with Crippen LogP contribution >= 0.6 is 15.9 Å². The topological polar surface area (TPSA) is 48.7 Å². The van der Waals surface area contributed by atoms with Gasteiger partial charge in [-0.05, 0) is 39.7 Å². The average Bonchev–Trinajstić information content (AvgIpc) is 2.89. The molecule has 6 heteroatoms. The van der Waals surface area contributed by atoms with E-state index in [-0.39, 0.29) is 0 Å². The molecule has 0 saturated heterocycles. The summed E-state index contributed by atoms with van der Waals surface area (Å²) in [5, 5.41) is 4.30. The number of nitrogens with zero attached hydrogens (tertiary/aromatic N) is 3. The van der Waals surface area contributed by atoms with Gasteiger partial charge in [0.15, 0.2) is 5.65 Å². The molecule has 5 nitrogen and oxygen atoms in total. The molecule has 0 N–H and O–H groups in total. The van der Waals surface area contributed by atoms with Crippen LogP contribution in [-0.4, -0.2) is 28.8 Å². The van der Waals surface area contributed by atoms with Crippen LogP contribution in [0.4, 0.5) is 0 Å². The number of methoxy groups -OCH3 is 2. The Labute approximate surface area is 124 Å². The lowest BCUT2D eigenvalue weighted by atomic mass is 10.1. The molecule has 0 atom stereocenters. The Bertz CT molecular complexity index is 748. The smallest absolute Gasteiger partial charge is 0.164 e. The molecule has 0 bridgehead atoms. The molecule has 1 aromatic carbocycles. The summed E-state index contributed by atoms with van der Waals surface area (Å²) < 4.78 is 13.1. The third-order valence-electron chi connectivity index (χ3n) is 3.00. The molecule has 3 aromatic rings. The molecule has 0 spiro atoms. The molecule has 0 unspecified atom stereocenters. The summed E-state index contributed by atoms with van der Waals surface area (Å²) >= 11 is 3.38. The lowest BCUT2D eigenvalue weighted by Gasteiger charge is -2.07. The number of halogens is 1. The minimum atomic E-state index is 0.730. The van der Waals surface area contributed by atoms with Gasteiger partial charge in [0.1, 0.15) is 16.1 Å². The van der Waals surface area contributed by atoms with E-state index in [0.29, 0.717) is 0 Å². The summed E-state index contributed by atoms with van der Waals surface area (Å²) in [4.78, 5) is 4.46. The van der Waals surface area contributed by atoms with Crippen molar-refractivity contribution < 1.29 is 9.47 Å². The first-order valence-corrected chi connectivity index (χ1v) is 6.74. The molecule has 20 heavy (non-hydrogen) atoms. The van der Waals surface area contributed by atoms with Gasteiger partial charge in [0.2, 0.25) is 0 Å². The highest BCUT2D eigenvalue weighted by atomic mass is 79.9. The largest absolute Gasteiger partial charge is 0.497 e. The molecule has 2 heterocycles. The second kappa shape index (κ2) is 5.13. The van der Waals surface area contributed by atoms with Crippen molar-refractivity contribution in [1.29, 1.82) is 0 Å². The molecule has 102 valence electrons. The molecule has 0 amide bonds. The number of benzene rings is 1. The number of hydrogen-bond acceptors (Lipinski definition) is 4. The first kappa shape index (κ1) is 12.9. The fourth-order valence-electron chi connectivity index (χ4n) is 2.01. The Kier molecular flexibility index (Phi) is 3.31. The van der Waals surface area contributed by atoms with E-state index in [2.05, 4.69) is 26.0 Å². The second-order valence-corrected chi connectivity index (χ2v) is 4.99. The average molecular weight is 334 g/mol. The van der Waals surface area contributed by atoms with E-state index in [1.807, 2.05) is 30.5 Å². The van der Waals surface area contributed by atoms with Gasteiger partial charge in [0.25, 0.3) is 0 Å². The van der Waals surface area contributed by atoms with E-state index in [0.717, 1.165) is 32.9 Å². The normalized spacial score (nSPS) is 10.8. The molecule has 0 aliphatic rings. The van der Waals surface area contributed by atoms with E-state index in [9.17, 15) is 0 Å². The predicted molar refractivity (Wildman–Crippen MR) is 79.2 cm³/mol. The van der Waals surface area contributed by atoms with Crippen molar-refractivity contribution in [3.05, 3.63) is 41.3 Å². The number of rotatable bonds is 3. The lowest BCUT2D eigenvalue weighted by Crippen LogP contribution is -1.91. The SMILES string of the molecule is COc1cc(OC)cc(-c2cnn3ccc(Br)nc23)c1. The van der Waals surface area contributed by atoms with Crippen LogP contribution in [0, 0.1) is 0 Å². The van der Waals surface area contributed by atoms with Crippen molar-refractivity contribution in [2.75, 3.05) is 14.2 Å². The summed E-state index contributed by atoms with van der Waals surface area (Å²) in [6.45, 7) is 0. The summed E-state index contributed by atoms with van der Waals surface area (Å²) in [5.74, 6) is 1.46. The summed E-state index contributed by atoms with van der Waals surface area (Å²) in [5.41, 5.74) is 2.64. The zero-order valence-corrected chi connectivity index (χ0v) is 12.6. The third-order valence-corrected chi connectivity index (χ3v) is 3.44. The van der Waals surface area contributed by atoms with Crippen molar-refractivity contribution in [2.45, 2.75) is 0 Å². The first-order valence-electron chi connectivity index (χ1n) is 5.94. The minimum absolute atomic E-state index is 0.730. The van der Waals surface area contributed by atoms with Crippen molar-refractivity contribution in [3.8, 4) is 22.6 Å². The Morgan fingerprint density at radius 1 is 1.10 bits per heavy atom. The van der Waals surface area contributed by atoms with Crippen molar-refractivity contribution >= 4 is 21.6 Å². The Morgan fingerprint density at radius 2 is 1.80 bits per heavy atom. The molecule has 0 saturated carbocycles. The van der Waals surface area contributed by atoms with Gasteiger partial charge < -0.3 is 9.47 Å². The van der Waals surface area contributed by atoms with E-state index in [1.54, 1.807) is 24.9 Å². The number of fused-ring (bicyclic) bond motifs is 1. The van der Waals surface area contributed by atoms with Crippen LogP contribution in [0.25, 0.3) is 16.8 Å². The zero-order chi connectivity index (χ0) is 14.1. The summed E-state index contributed by atoms with van der Waals surface area (Å²) in [6, 6.07) is 7.54. The molecular formula is C14H12BrN3O2. The van der Waals surface area contributed by atoms with Crippen LogP contribution in [0.15, 0.2) is 41.3 Å². The fraction of sp³-hybridized carbons (Fsp3) is 0.143. The number of aromatic nitrogens is 3. The number of ether oxygens (including phenoxy) is 2. The summed E-state index contributed by atoms with van der Waals surface area (Å²) in [7, 11) is 3.26. The predicted octanol–water partition coefficient (Wildman–Crippen LogP) is 3.18. The number of hydrogen-bond donors (Lipinski definition) is 0. The van der Waals surface area contributed by atoms with E-state index in [4.69, 9.17) is 9.47 Å². The van der Waals surface area contributed by atoms with Crippen LogP contribution < -0.4 is 9.47 Å². The van der Waals surface area contributed by atoms with Gasteiger partial charge in [-0.25, -0.2) is 9.50 Å². The molecule has 2 aromatic heterocycles. The quantitative estimate of drug-likeness (QED) is 0.691. The summed E-state index contributed by atoms with van der Waals surface area (Å²) in [6.07, 6.45) is 3.64. The minimum Gasteiger partial charge on any atom is -0.497 e. The third kappa shape index (κ3) is 2.22. The van der Waals surface area contributed by atoms with Gasteiger partial charge in [-0.2, -0.15) is 5.10 Å². The van der Waals surface area contributed by atoms with E-state index < -0.39 is 0 Å². The molecule has 0 radical (unpaired) electrons. The highest BCUT2D eigenvalue weighted by Gasteiger charge is 2.11. The molecule has 3 rings (SSSR count). The van der Waals surface area contributed by atoms with Gasteiger partial charge in [-0.1, -0.05) is 0 Å². The molecular weight excluding hydrogens is 322 g/mol. The van der Waals surface area contributed by atoms with Crippen LogP contribution in [0.2, 0.25) is 0 Å². The maximum atomic E-state index is 5.29. The second-order valence-electron chi connectivity index (χ2n) is 4.18. The highest BCUT2D eigenvalue weighted by Crippen LogP contribution is 2.31. The molecule has 0 aliphatic heterocycles. The maximum Gasteiger partial charge on any atom is 0.164 e. The van der Waals surface area contributed by atoms with Crippen molar-refractivity contribution in [1.82, 2.24) is 14.6 Å². The van der Waals surface area contributed by atoms with Crippen molar-refractivity contribution in [3.63, 3.8) is 0 Å². The first-order chi connectivity index (χ1) is 9.71. The van der Waals surface area contributed by atoms with Gasteiger partial charge in [0.05, 0.1) is 20.4 Å². The Morgan fingerprint density at radius 3 is 2.45 bits per heavy atom. The monoisotopic (exact) mass is 333 g/mol. The lowest BCUT2D eigenvalue weighted by molar-refractivity contribution is 0.394. The van der Waals surface area contributed by atoms with Crippen LogP contribution in [0.5, 0.6) is 11.5 Å². The molecule has 0 aliphatic carbocycles. The van der Waals surface area contributed by atoms with E-state index >= 15 is 0 Å². The van der Waals surface area contributed by atoms with Crippen LogP contribution in [0.1, 0.15) is 0 Å². The van der Waals surface area contributed by atoms with Crippen LogP contribution in [0.3, 0.4) is 0 Å². The highest BCUT2D eigenvalue weighted by molar-refractivity contribution is 9.10. The Hall–Kier alpha value is -2.08. The van der Waals surface area contributed by atoms with E-state index in [1.165, 1.54) is 0 Å².